The first-order valence-corrected chi connectivity index (χ1v) is 9.19. The smallest absolute Gasteiger partial charge is 0.115 e. The van der Waals surface area contributed by atoms with E-state index < -0.39 is 5.60 Å². The summed E-state index contributed by atoms with van der Waals surface area (Å²) < 4.78 is 5.54. The number of benzene rings is 1. The van der Waals surface area contributed by atoms with Crippen LogP contribution in [0.15, 0.2) is 18.2 Å². The van der Waals surface area contributed by atoms with Crippen LogP contribution in [-0.2, 0) is 11.2 Å². The van der Waals surface area contributed by atoms with Crippen LogP contribution in [0.5, 0.6) is 5.75 Å². The van der Waals surface area contributed by atoms with Crippen molar-refractivity contribution in [2.24, 2.45) is 17.3 Å². The fourth-order valence-corrected chi connectivity index (χ4v) is 6.47. The number of hydrogen-bond donors (Lipinski definition) is 2. The van der Waals surface area contributed by atoms with E-state index in [1.807, 2.05) is 12.1 Å². The van der Waals surface area contributed by atoms with Crippen molar-refractivity contribution in [2.75, 3.05) is 6.61 Å². The molecule has 2 saturated carbocycles. The lowest BCUT2D eigenvalue weighted by molar-refractivity contribution is -0.116. The number of aryl methyl sites for hydroxylation is 1. The van der Waals surface area contributed by atoms with Crippen LogP contribution in [0, 0.1) is 17.3 Å². The molecule has 0 spiro atoms. The van der Waals surface area contributed by atoms with Crippen LogP contribution in [0.25, 0.3) is 0 Å². The Balaban J connectivity index is 1.51. The van der Waals surface area contributed by atoms with Crippen molar-refractivity contribution in [3.05, 3.63) is 29.3 Å². The zero-order valence-electron chi connectivity index (χ0n) is 13.8. The molecule has 1 aliphatic heterocycles. The van der Waals surface area contributed by atoms with Crippen LogP contribution in [0.2, 0.25) is 0 Å². The van der Waals surface area contributed by atoms with Gasteiger partial charge in [-0.05, 0) is 79.5 Å². The molecule has 1 saturated heterocycles. The van der Waals surface area contributed by atoms with Crippen molar-refractivity contribution >= 4 is 0 Å². The van der Waals surface area contributed by atoms with Crippen LogP contribution < -0.4 is 0 Å². The van der Waals surface area contributed by atoms with E-state index in [0.29, 0.717) is 23.5 Å². The van der Waals surface area contributed by atoms with Crippen LogP contribution >= 0.6 is 0 Å². The minimum absolute atomic E-state index is 0.0176. The van der Waals surface area contributed by atoms with Gasteiger partial charge in [-0.3, -0.25) is 0 Å². The van der Waals surface area contributed by atoms with E-state index in [9.17, 15) is 10.2 Å². The van der Waals surface area contributed by atoms with Crippen LogP contribution in [-0.4, -0.2) is 28.5 Å². The quantitative estimate of drug-likeness (QED) is 0.781. The van der Waals surface area contributed by atoms with Gasteiger partial charge in [0.25, 0.3) is 0 Å². The molecular formula is C20H26O3. The second-order valence-electron chi connectivity index (χ2n) is 8.54. The third-order valence-corrected chi connectivity index (χ3v) is 7.79. The van der Waals surface area contributed by atoms with Gasteiger partial charge in [-0.1, -0.05) is 13.0 Å². The Morgan fingerprint density at radius 1 is 1.17 bits per heavy atom. The highest BCUT2D eigenvalue weighted by atomic mass is 16.6. The number of hydrogen-bond acceptors (Lipinski definition) is 3. The van der Waals surface area contributed by atoms with E-state index in [1.54, 1.807) is 0 Å². The number of phenols is 1. The molecule has 0 radical (unpaired) electrons. The van der Waals surface area contributed by atoms with Gasteiger partial charge in [0.05, 0.1) is 12.2 Å². The number of rotatable bonds is 1. The molecular weight excluding hydrogens is 288 g/mol. The fourth-order valence-electron chi connectivity index (χ4n) is 6.47. The zero-order chi connectivity index (χ0) is 15.8. The van der Waals surface area contributed by atoms with Gasteiger partial charge in [0.2, 0.25) is 0 Å². The molecule has 23 heavy (non-hydrogen) atoms. The first-order chi connectivity index (χ1) is 11.0. The molecule has 0 aromatic heterocycles. The molecule has 0 bridgehead atoms. The SMILES string of the molecule is C[C@]12CC[C@@H]3c4ccc(O)cc4CC[C@H]3[C@@H]1CC[C@@]2(O)[C@H]1CO1. The molecule has 1 aromatic rings. The number of fused-ring (bicyclic) bond motifs is 5. The lowest BCUT2D eigenvalue weighted by Gasteiger charge is -2.53. The molecule has 124 valence electrons. The maximum absolute atomic E-state index is 11.3. The third kappa shape index (κ3) is 1.78. The molecule has 6 atom stereocenters. The summed E-state index contributed by atoms with van der Waals surface area (Å²) in [5.41, 5.74) is 2.22. The standard InChI is InChI=1S/C20H26O3/c1-19-8-6-15-14-5-3-13(21)10-12(14)2-4-16(15)17(19)7-9-20(19,22)18-11-23-18/h3,5,10,15-18,21-22H,2,4,6-9,11H2,1H3/t15-,16-,17+,18-,19+,20-/m1/s1. The maximum Gasteiger partial charge on any atom is 0.115 e. The Hall–Kier alpha value is -1.06. The number of epoxide rings is 1. The van der Waals surface area contributed by atoms with Crippen molar-refractivity contribution in [3.63, 3.8) is 0 Å². The monoisotopic (exact) mass is 314 g/mol. The largest absolute Gasteiger partial charge is 0.508 e. The molecule has 5 rings (SSSR count). The van der Waals surface area contributed by atoms with E-state index in [1.165, 1.54) is 17.5 Å². The molecule has 0 amide bonds. The molecule has 0 unspecified atom stereocenters. The molecule has 3 heteroatoms. The molecule has 4 aliphatic rings. The second kappa shape index (κ2) is 4.52. The van der Waals surface area contributed by atoms with Crippen molar-refractivity contribution in [1.29, 1.82) is 0 Å². The van der Waals surface area contributed by atoms with Gasteiger partial charge in [0.15, 0.2) is 0 Å². The summed E-state index contributed by atoms with van der Waals surface area (Å²) in [5, 5.41) is 21.1. The first-order valence-electron chi connectivity index (χ1n) is 9.19. The lowest BCUT2D eigenvalue weighted by Crippen LogP contribution is -2.53. The summed E-state index contributed by atoms with van der Waals surface area (Å²) >= 11 is 0. The predicted molar refractivity (Wildman–Crippen MR) is 87.4 cm³/mol. The van der Waals surface area contributed by atoms with Crippen LogP contribution in [0.3, 0.4) is 0 Å². The number of aliphatic hydroxyl groups is 1. The Kier molecular flexibility index (Phi) is 2.81. The van der Waals surface area contributed by atoms with E-state index >= 15 is 0 Å². The summed E-state index contributed by atoms with van der Waals surface area (Å²) in [6.07, 6.45) is 6.65. The summed E-state index contributed by atoms with van der Waals surface area (Å²) in [4.78, 5) is 0. The van der Waals surface area contributed by atoms with E-state index in [2.05, 4.69) is 13.0 Å². The summed E-state index contributed by atoms with van der Waals surface area (Å²) in [6, 6.07) is 5.95. The summed E-state index contributed by atoms with van der Waals surface area (Å²) in [5.74, 6) is 2.29. The predicted octanol–water partition coefficient (Wildman–Crippen LogP) is 3.38. The van der Waals surface area contributed by atoms with Gasteiger partial charge >= 0.3 is 0 Å². The Morgan fingerprint density at radius 3 is 2.78 bits per heavy atom. The molecule has 2 N–H and O–H groups in total. The van der Waals surface area contributed by atoms with Gasteiger partial charge in [-0.25, -0.2) is 0 Å². The summed E-state index contributed by atoms with van der Waals surface area (Å²) in [6.45, 7) is 3.07. The molecule has 1 aromatic carbocycles. The van der Waals surface area contributed by atoms with Gasteiger partial charge in [-0.2, -0.15) is 0 Å². The highest BCUT2D eigenvalue weighted by molar-refractivity contribution is 5.40. The van der Waals surface area contributed by atoms with Gasteiger partial charge in [-0.15, -0.1) is 0 Å². The van der Waals surface area contributed by atoms with E-state index in [4.69, 9.17) is 4.74 Å². The Labute approximate surface area is 137 Å². The number of aromatic hydroxyl groups is 1. The number of ether oxygens (including phenoxy) is 1. The third-order valence-electron chi connectivity index (χ3n) is 7.79. The maximum atomic E-state index is 11.3. The molecule has 3 nitrogen and oxygen atoms in total. The molecule has 3 aliphatic carbocycles. The van der Waals surface area contributed by atoms with E-state index in [-0.39, 0.29) is 11.5 Å². The molecule has 3 fully saturated rings. The fraction of sp³-hybridized carbons (Fsp3) is 0.700. The minimum Gasteiger partial charge on any atom is -0.508 e. The normalized spacial score (nSPS) is 47.6. The second-order valence-corrected chi connectivity index (χ2v) is 8.54. The topological polar surface area (TPSA) is 53.0 Å². The van der Waals surface area contributed by atoms with Crippen molar-refractivity contribution < 1.29 is 14.9 Å². The average molecular weight is 314 g/mol. The van der Waals surface area contributed by atoms with Crippen LogP contribution in [0.4, 0.5) is 0 Å². The number of phenolic OH excluding ortho intramolecular Hbond substituents is 1. The Bertz CT molecular complexity index is 652. The van der Waals surface area contributed by atoms with Crippen molar-refractivity contribution in [2.45, 2.75) is 63.1 Å². The highest BCUT2D eigenvalue weighted by Gasteiger charge is 2.66. The first kappa shape index (κ1) is 14.3. The zero-order valence-corrected chi connectivity index (χ0v) is 13.8. The highest BCUT2D eigenvalue weighted by Crippen LogP contribution is 2.66. The van der Waals surface area contributed by atoms with E-state index in [0.717, 1.165) is 38.7 Å². The van der Waals surface area contributed by atoms with Crippen molar-refractivity contribution in [3.8, 4) is 5.75 Å². The Morgan fingerprint density at radius 2 is 2.00 bits per heavy atom. The van der Waals surface area contributed by atoms with Crippen LogP contribution in [0.1, 0.15) is 56.1 Å². The average Bonchev–Trinajstić information content (AvgIpc) is 3.34. The van der Waals surface area contributed by atoms with Gasteiger partial charge in [0.1, 0.15) is 11.9 Å². The lowest BCUT2D eigenvalue weighted by atomic mass is 9.53. The summed E-state index contributed by atoms with van der Waals surface area (Å²) in [7, 11) is 0. The minimum atomic E-state index is -0.599. The van der Waals surface area contributed by atoms with Gasteiger partial charge in [0, 0.05) is 5.41 Å². The van der Waals surface area contributed by atoms with Gasteiger partial charge < -0.3 is 14.9 Å². The molecule has 1 heterocycles. The van der Waals surface area contributed by atoms with Crippen molar-refractivity contribution in [1.82, 2.24) is 0 Å².